The molecule has 0 aromatic heterocycles. The predicted octanol–water partition coefficient (Wildman–Crippen LogP) is 1.34. The molecule has 0 saturated heterocycles. The van der Waals surface area contributed by atoms with Gasteiger partial charge in [0.1, 0.15) is 0 Å². The summed E-state index contributed by atoms with van der Waals surface area (Å²) in [5.41, 5.74) is 0. The minimum atomic E-state index is -0.970. The van der Waals surface area contributed by atoms with Crippen LogP contribution in [-0.2, 0) is 14.3 Å². The molecule has 0 aromatic carbocycles. The zero-order chi connectivity index (χ0) is 12.4. The molecule has 16 heavy (non-hydrogen) atoms. The Kier molecular flexibility index (Phi) is 8.52. The molecule has 1 atom stereocenters. The van der Waals surface area contributed by atoms with E-state index in [0.717, 1.165) is 25.7 Å². The van der Waals surface area contributed by atoms with Gasteiger partial charge in [-0.05, 0) is 12.8 Å². The summed E-state index contributed by atoms with van der Waals surface area (Å²) in [5, 5.41) is 17.6. The molecule has 0 fully saturated rings. The number of hydrogen-bond donors (Lipinski definition) is 2. The Balaban J connectivity index is 3.20. The van der Waals surface area contributed by atoms with Gasteiger partial charge in [-0.2, -0.15) is 0 Å². The lowest BCUT2D eigenvalue weighted by Gasteiger charge is -2.07. The fraction of sp³-hybridized carbons (Fsp3) is 0.818. The van der Waals surface area contributed by atoms with Crippen LogP contribution in [0.5, 0.6) is 0 Å². The summed E-state index contributed by atoms with van der Waals surface area (Å²) in [5.74, 6) is -1.24. The van der Waals surface area contributed by atoms with Crippen molar-refractivity contribution >= 4 is 11.9 Å². The maximum absolute atomic E-state index is 10.4. The number of aliphatic hydroxyl groups is 1. The van der Waals surface area contributed by atoms with Crippen LogP contribution in [0.1, 0.15) is 45.4 Å². The smallest absolute Gasteiger partial charge is 0.305 e. The summed E-state index contributed by atoms with van der Waals surface area (Å²) in [6, 6.07) is 0. The standard InChI is InChI=1S/C11H20O5/c1-9(12)16-7-5-3-2-4-6-10(13)8-11(14)15/h10,13H,2-8H2,1H3,(H,14,15). The van der Waals surface area contributed by atoms with E-state index >= 15 is 0 Å². The van der Waals surface area contributed by atoms with E-state index in [2.05, 4.69) is 0 Å². The van der Waals surface area contributed by atoms with Crippen LogP contribution in [0.4, 0.5) is 0 Å². The Morgan fingerprint density at radius 2 is 1.81 bits per heavy atom. The molecule has 0 spiro atoms. The number of hydrogen-bond acceptors (Lipinski definition) is 4. The van der Waals surface area contributed by atoms with Gasteiger partial charge in [0, 0.05) is 6.92 Å². The third-order valence-electron chi connectivity index (χ3n) is 2.15. The van der Waals surface area contributed by atoms with Gasteiger partial charge in [-0.3, -0.25) is 9.59 Å². The molecule has 0 aliphatic rings. The largest absolute Gasteiger partial charge is 0.481 e. The van der Waals surface area contributed by atoms with E-state index in [1.807, 2.05) is 0 Å². The topological polar surface area (TPSA) is 83.8 Å². The predicted molar refractivity (Wildman–Crippen MR) is 58.0 cm³/mol. The van der Waals surface area contributed by atoms with Crippen molar-refractivity contribution < 1.29 is 24.5 Å². The van der Waals surface area contributed by atoms with Crippen molar-refractivity contribution in [3.8, 4) is 0 Å². The average Bonchev–Trinajstić information content (AvgIpc) is 2.14. The number of esters is 1. The van der Waals surface area contributed by atoms with Crippen molar-refractivity contribution in [1.29, 1.82) is 0 Å². The lowest BCUT2D eigenvalue weighted by molar-refractivity contribution is -0.141. The van der Waals surface area contributed by atoms with E-state index in [9.17, 15) is 14.7 Å². The highest BCUT2D eigenvalue weighted by atomic mass is 16.5. The average molecular weight is 232 g/mol. The highest BCUT2D eigenvalue weighted by Gasteiger charge is 2.08. The second-order valence-corrected chi connectivity index (χ2v) is 3.79. The van der Waals surface area contributed by atoms with Crippen molar-refractivity contribution in [2.45, 2.75) is 51.6 Å². The maximum Gasteiger partial charge on any atom is 0.305 e. The van der Waals surface area contributed by atoms with Gasteiger partial charge in [-0.15, -0.1) is 0 Å². The SMILES string of the molecule is CC(=O)OCCCCCCC(O)CC(=O)O. The first-order valence-corrected chi connectivity index (χ1v) is 5.55. The Morgan fingerprint density at radius 1 is 1.19 bits per heavy atom. The Labute approximate surface area is 95.4 Å². The normalized spacial score (nSPS) is 12.1. The third-order valence-corrected chi connectivity index (χ3v) is 2.15. The molecular weight excluding hydrogens is 212 g/mol. The fourth-order valence-electron chi connectivity index (χ4n) is 1.36. The van der Waals surface area contributed by atoms with Gasteiger partial charge in [-0.25, -0.2) is 0 Å². The maximum atomic E-state index is 10.4. The minimum absolute atomic E-state index is 0.187. The summed E-state index contributed by atoms with van der Waals surface area (Å²) in [7, 11) is 0. The first-order valence-electron chi connectivity index (χ1n) is 5.55. The third kappa shape index (κ3) is 11.0. The van der Waals surface area contributed by atoms with Gasteiger partial charge < -0.3 is 14.9 Å². The van der Waals surface area contributed by atoms with E-state index in [1.165, 1.54) is 6.92 Å². The Hall–Kier alpha value is -1.10. The molecule has 0 aliphatic carbocycles. The highest BCUT2D eigenvalue weighted by molar-refractivity contribution is 5.67. The highest BCUT2D eigenvalue weighted by Crippen LogP contribution is 2.08. The van der Waals surface area contributed by atoms with Crippen molar-refractivity contribution in [3.63, 3.8) is 0 Å². The lowest BCUT2D eigenvalue weighted by Crippen LogP contribution is -2.12. The van der Waals surface area contributed by atoms with Gasteiger partial charge in [0.05, 0.1) is 19.1 Å². The van der Waals surface area contributed by atoms with Gasteiger partial charge in [-0.1, -0.05) is 19.3 Å². The minimum Gasteiger partial charge on any atom is -0.481 e. The fourth-order valence-corrected chi connectivity index (χ4v) is 1.36. The molecule has 0 radical (unpaired) electrons. The summed E-state index contributed by atoms with van der Waals surface area (Å²) in [6.07, 6.45) is 3.03. The van der Waals surface area contributed by atoms with Crippen LogP contribution in [0.3, 0.4) is 0 Å². The molecule has 94 valence electrons. The zero-order valence-corrected chi connectivity index (χ0v) is 9.65. The second-order valence-electron chi connectivity index (χ2n) is 3.79. The number of unbranched alkanes of at least 4 members (excludes halogenated alkanes) is 3. The van der Waals surface area contributed by atoms with Crippen LogP contribution in [0.2, 0.25) is 0 Å². The molecule has 2 N–H and O–H groups in total. The molecule has 0 saturated carbocycles. The molecular formula is C11H20O5. The molecule has 0 heterocycles. The number of carbonyl (C=O) groups is 2. The van der Waals surface area contributed by atoms with Crippen LogP contribution >= 0.6 is 0 Å². The Morgan fingerprint density at radius 3 is 2.38 bits per heavy atom. The number of carboxylic acids is 1. The number of aliphatic hydroxyl groups excluding tert-OH is 1. The number of carbonyl (C=O) groups excluding carboxylic acids is 1. The number of carboxylic acid groups (broad SMARTS) is 1. The van der Waals surface area contributed by atoms with Crippen molar-refractivity contribution in [1.82, 2.24) is 0 Å². The molecule has 0 aromatic rings. The molecule has 0 aliphatic heterocycles. The van der Waals surface area contributed by atoms with Crippen molar-refractivity contribution in [2.75, 3.05) is 6.61 Å². The van der Waals surface area contributed by atoms with Crippen LogP contribution in [0.25, 0.3) is 0 Å². The van der Waals surface area contributed by atoms with Crippen LogP contribution < -0.4 is 0 Å². The first-order chi connectivity index (χ1) is 7.52. The van der Waals surface area contributed by atoms with E-state index in [1.54, 1.807) is 0 Å². The second kappa shape index (κ2) is 9.15. The molecule has 1 unspecified atom stereocenters. The summed E-state index contributed by atoms with van der Waals surface area (Å²) in [6.45, 7) is 1.81. The molecule has 0 amide bonds. The summed E-state index contributed by atoms with van der Waals surface area (Å²) in [4.78, 5) is 20.7. The van der Waals surface area contributed by atoms with Gasteiger partial charge >= 0.3 is 11.9 Å². The zero-order valence-electron chi connectivity index (χ0n) is 9.65. The van der Waals surface area contributed by atoms with Gasteiger partial charge in [0.15, 0.2) is 0 Å². The molecule has 0 bridgehead atoms. The number of ether oxygens (including phenoxy) is 1. The molecule has 5 nitrogen and oxygen atoms in total. The summed E-state index contributed by atoms with van der Waals surface area (Å²) >= 11 is 0. The van der Waals surface area contributed by atoms with Gasteiger partial charge in [0.25, 0.3) is 0 Å². The monoisotopic (exact) mass is 232 g/mol. The summed E-state index contributed by atoms with van der Waals surface area (Å²) < 4.78 is 4.76. The van der Waals surface area contributed by atoms with Crippen LogP contribution in [-0.4, -0.2) is 34.9 Å². The van der Waals surface area contributed by atoms with Gasteiger partial charge in [0.2, 0.25) is 0 Å². The molecule has 5 heteroatoms. The number of rotatable bonds is 9. The molecule has 0 rings (SSSR count). The van der Waals surface area contributed by atoms with E-state index < -0.39 is 12.1 Å². The van der Waals surface area contributed by atoms with Crippen molar-refractivity contribution in [2.24, 2.45) is 0 Å². The lowest BCUT2D eigenvalue weighted by atomic mass is 10.1. The van der Waals surface area contributed by atoms with Crippen LogP contribution in [0.15, 0.2) is 0 Å². The quantitative estimate of drug-likeness (QED) is 0.463. The Bertz CT molecular complexity index is 214. The van der Waals surface area contributed by atoms with E-state index in [-0.39, 0.29) is 12.4 Å². The van der Waals surface area contributed by atoms with Crippen molar-refractivity contribution in [3.05, 3.63) is 0 Å². The van der Waals surface area contributed by atoms with Crippen LogP contribution in [0, 0.1) is 0 Å². The number of aliphatic carboxylic acids is 1. The van der Waals surface area contributed by atoms with E-state index in [0.29, 0.717) is 13.0 Å². The van der Waals surface area contributed by atoms with E-state index in [4.69, 9.17) is 9.84 Å². The first kappa shape index (κ1) is 14.9.